The van der Waals surface area contributed by atoms with E-state index in [1.54, 1.807) is 6.07 Å². The third-order valence-corrected chi connectivity index (χ3v) is 5.15. The fraction of sp³-hybridized carbons (Fsp3) is 0.647. The molecule has 0 spiro atoms. The van der Waals surface area contributed by atoms with Crippen molar-refractivity contribution < 1.29 is 13.5 Å². The van der Waals surface area contributed by atoms with Crippen molar-refractivity contribution in [1.82, 2.24) is 4.90 Å². The minimum absolute atomic E-state index is 0.220. The Morgan fingerprint density at radius 3 is 2.52 bits per heavy atom. The SMILES string of the molecule is CN(C1CCOCC1)[C@H]1CC[C@H](c2ccc(F)cc2F)C1. The van der Waals surface area contributed by atoms with Crippen LogP contribution in [0.2, 0.25) is 0 Å². The topological polar surface area (TPSA) is 12.5 Å². The summed E-state index contributed by atoms with van der Waals surface area (Å²) in [4.78, 5) is 2.46. The molecule has 0 radical (unpaired) electrons. The summed E-state index contributed by atoms with van der Waals surface area (Å²) in [5, 5.41) is 0. The lowest BCUT2D eigenvalue weighted by Gasteiger charge is -2.35. The van der Waals surface area contributed by atoms with Gasteiger partial charge < -0.3 is 9.64 Å². The summed E-state index contributed by atoms with van der Waals surface area (Å²) in [7, 11) is 2.18. The summed E-state index contributed by atoms with van der Waals surface area (Å²) in [6, 6.07) is 5.08. The van der Waals surface area contributed by atoms with Crippen LogP contribution >= 0.6 is 0 Å². The van der Waals surface area contributed by atoms with E-state index in [1.807, 2.05) is 0 Å². The predicted molar refractivity (Wildman–Crippen MR) is 78.3 cm³/mol. The van der Waals surface area contributed by atoms with E-state index in [1.165, 1.54) is 6.07 Å². The standard InChI is InChI=1S/C17H23F2NO/c1-20(14-6-8-21-9-7-14)15-4-2-12(10-15)16-5-3-13(18)11-17(16)19/h3,5,11-12,14-15H,2,4,6-10H2,1H3/t12-,15-/m0/s1. The van der Waals surface area contributed by atoms with Crippen molar-refractivity contribution in [2.24, 2.45) is 0 Å². The fourth-order valence-corrected chi connectivity index (χ4v) is 3.83. The van der Waals surface area contributed by atoms with Gasteiger partial charge in [0.2, 0.25) is 0 Å². The predicted octanol–water partition coefficient (Wildman–Crippen LogP) is 3.71. The van der Waals surface area contributed by atoms with Crippen LogP contribution in [0.15, 0.2) is 18.2 Å². The van der Waals surface area contributed by atoms with Crippen molar-refractivity contribution in [2.75, 3.05) is 20.3 Å². The van der Waals surface area contributed by atoms with Crippen molar-refractivity contribution in [1.29, 1.82) is 0 Å². The Balaban J connectivity index is 1.64. The quantitative estimate of drug-likeness (QED) is 0.843. The van der Waals surface area contributed by atoms with Crippen molar-refractivity contribution in [3.8, 4) is 0 Å². The lowest BCUT2D eigenvalue weighted by molar-refractivity contribution is 0.0292. The lowest BCUT2D eigenvalue weighted by atomic mass is 9.96. The summed E-state index contributed by atoms with van der Waals surface area (Å²) in [6.45, 7) is 1.69. The normalized spacial score (nSPS) is 27.4. The third kappa shape index (κ3) is 3.27. The molecule has 1 aromatic carbocycles. The molecule has 0 N–H and O–H groups in total. The highest BCUT2D eigenvalue weighted by Gasteiger charge is 2.33. The van der Waals surface area contributed by atoms with Crippen LogP contribution in [0, 0.1) is 11.6 Å². The van der Waals surface area contributed by atoms with Crippen LogP contribution in [0.1, 0.15) is 43.6 Å². The first-order valence-electron chi connectivity index (χ1n) is 7.90. The number of nitrogens with zero attached hydrogens (tertiary/aromatic N) is 1. The molecule has 2 aliphatic rings. The number of rotatable bonds is 3. The molecule has 1 heterocycles. The number of halogens is 2. The number of hydrogen-bond acceptors (Lipinski definition) is 2. The van der Waals surface area contributed by atoms with E-state index in [0.29, 0.717) is 17.6 Å². The summed E-state index contributed by atoms with van der Waals surface area (Å²) in [5.41, 5.74) is 0.680. The Hall–Kier alpha value is -1.00. The van der Waals surface area contributed by atoms with Gasteiger partial charge in [-0.15, -0.1) is 0 Å². The second-order valence-corrected chi connectivity index (χ2v) is 6.34. The van der Waals surface area contributed by atoms with Gasteiger partial charge in [0.25, 0.3) is 0 Å². The molecule has 2 fully saturated rings. The Kier molecular flexibility index (Phi) is 4.55. The maximum absolute atomic E-state index is 13.9. The number of ether oxygens (including phenoxy) is 1. The highest BCUT2D eigenvalue weighted by Crippen LogP contribution is 2.38. The van der Waals surface area contributed by atoms with Crippen LogP contribution in [0.25, 0.3) is 0 Å². The summed E-state index contributed by atoms with van der Waals surface area (Å²) in [6.07, 6.45) is 5.22. The molecule has 0 aromatic heterocycles. The van der Waals surface area contributed by atoms with E-state index in [2.05, 4.69) is 11.9 Å². The van der Waals surface area contributed by atoms with Gasteiger partial charge in [-0.3, -0.25) is 0 Å². The van der Waals surface area contributed by atoms with Gasteiger partial charge in [0, 0.05) is 31.4 Å². The fourth-order valence-electron chi connectivity index (χ4n) is 3.83. The van der Waals surface area contributed by atoms with Gasteiger partial charge in [-0.1, -0.05) is 6.07 Å². The van der Waals surface area contributed by atoms with Crippen LogP contribution in [-0.4, -0.2) is 37.2 Å². The summed E-state index contributed by atoms with van der Waals surface area (Å²) in [5.74, 6) is -0.669. The molecule has 0 bridgehead atoms. The molecule has 1 aliphatic carbocycles. The second kappa shape index (κ2) is 6.41. The molecule has 1 saturated heterocycles. The van der Waals surface area contributed by atoms with Gasteiger partial charge in [0.05, 0.1) is 0 Å². The van der Waals surface area contributed by atoms with Crippen LogP contribution in [0.4, 0.5) is 8.78 Å². The number of benzene rings is 1. The largest absolute Gasteiger partial charge is 0.381 e. The molecule has 0 amide bonds. The molecule has 21 heavy (non-hydrogen) atoms. The summed E-state index contributed by atoms with van der Waals surface area (Å²) >= 11 is 0. The molecular weight excluding hydrogens is 272 g/mol. The van der Waals surface area contributed by atoms with Gasteiger partial charge in [0.15, 0.2) is 0 Å². The number of hydrogen-bond donors (Lipinski definition) is 0. The van der Waals surface area contributed by atoms with Gasteiger partial charge in [-0.25, -0.2) is 8.78 Å². The lowest BCUT2D eigenvalue weighted by Crippen LogP contribution is -2.42. The van der Waals surface area contributed by atoms with Crippen LogP contribution in [0.5, 0.6) is 0 Å². The molecule has 4 heteroatoms. The van der Waals surface area contributed by atoms with Crippen molar-refractivity contribution in [2.45, 2.75) is 50.1 Å². The van der Waals surface area contributed by atoms with Crippen LogP contribution < -0.4 is 0 Å². The van der Waals surface area contributed by atoms with Crippen molar-refractivity contribution >= 4 is 0 Å². The molecule has 1 saturated carbocycles. The Bertz CT molecular complexity index is 488. The second-order valence-electron chi connectivity index (χ2n) is 6.34. The molecule has 2 atom stereocenters. The highest BCUT2D eigenvalue weighted by atomic mass is 19.1. The summed E-state index contributed by atoms with van der Waals surface area (Å²) < 4.78 is 32.4. The van der Waals surface area contributed by atoms with E-state index in [4.69, 9.17) is 4.74 Å². The average molecular weight is 295 g/mol. The molecule has 116 valence electrons. The maximum Gasteiger partial charge on any atom is 0.129 e. The molecule has 2 nitrogen and oxygen atoms in total. The Morgan fingerprint density at radius 1 is 1.05 bits per heavy atom. The average Bonchev–Trinajstić information content (AvgIpc) is 2.97. The zero-order chi connectivity index (χ0) is 14.8. The molecule has 1 aliphatic heterocycles. The van der Waals surface area contributed by atoms with Crippen molar-refractivity contribution in [3.63, 3.8) is 0 Å². The van der Waals surface area contributed by atoms with E-state index >= 15 is 0 Å². The molecule has 0 unspecified atom stereocenters. The van der Waals surface area contributed by atoms with E-state index < -0.39 is 11.6 Å². The third-order valence-electron chi connectivity index (χ3n) is 5.15. The van der Waals surface area contributed by atoms with Crippen LogP contribution in [-0.2, 0) is 4.74 Å². The molecule has 3 rings (SSSR count). The first kappa shape index (κ1) is 14.9. The van der Waals surface area contributed by atoms with E-state index in [0.717, 1.165) is 51.4 Å². The smallest absolute Gasteiger partial charge is 0.129 e. The first-order valence-corrected chi connectivity index (χ1v) is 7.90. The zero-order valence-corrected chi connectivity index (χ0v) is 12.5. The Morgan fingerprint density at radius 2 is 1.81 bits per heavy atom. The van der Waals surface area contributed by atoms with Gasteiger partial charge in [-0.2, -0.15) is 0 Å². The monoisotopic (exact) mass is 295 g/mol. The van der Waals surface area contributed by atoms with E-state index in [-0.39, 0.29) is 5.92 Å². The molecular formula is C17H23F2NO. The minimum Gasteiger partial charge on any atom is -0.381 e. The first-order chi connectivity index (χ1) is 10.1. The Labute approximate surface area is 125 Å². The van der Waals surface area contributed by atoms with Gasteiger partial charge in [-0.05, 0) is 56.7 Å². The minimum atomic E-state index is -0.495. The molecule has 1 aromatic rings. The van der Waals surface area contributed by atoms with E-state index in [9.17, 15) is 8.78 Å². The van der Waals surface area contributed by atoms with Crippen LogP contribution in [0.3, 0.4) is 0 Å². The van der Waals surface area contributed by atoms with Gasteiger partial charge in [0.1, 0.15) is 11.6 Å². The maximum atomic E-state index is 13.9. The van der Waals surface area contributed by atoms with Gasteiger partial charge >= 0.3 is 0 Å². The highest BCUT2D eigenvalue weighted by molar-refractivity contribution is 5.24. The van der Waals surface area contributed by atoms with Crippen molar-refractivity contribution in [3.05, 3.63) is 35.4 Å². The zero-order valence-electron chi connectivity index (χ0n) is 12.5.